The quantitative estimate of drug-likeness (QED) is 0.890. The number of hydrogen-bond donors (Lipinski definition) is 2. The fraction of sp³-hybridized carbons (Fsp3) is 0.200. The third kappa shape index (κ3) is 4.33. The molecule has 2 N–H and O–H groups in total. The standard InChI is InChI=1S/C15H16ClN3O/c1-11-5-6-13(16)14(8-11)19-15(20)10-17-9-12-4-2-3-7-18-12/h2-8,17H,9-10H2,1H3,(H,19,20). The van der Waals surface area contributed by atoms with E-state index in [2.05, 4.69) is 15.6 Å². The Morgan fingerprint density at radius 3 is 2.90 bits per heavy atom. The summed E-state index contributed by atoms with van der Waals surface area (Å²) in [7, 11) is 0. The van der Waals surface area contributed by atoms with Crippen molar-refractivity contribution in [3.05, 3.63) is 58.9 Å². The average Bonchev–Trinajstić information content (AvgIpc) is 2.44. The number of carbonyl (C=O) groups excluding carboxylic acids is 1. The van der Waals surface area contributed by atoms with Crippen LogP contribution in [0.15, 0.2) is 42.6 Å². The number of nitrogens with one attached hydrogen (secondary N) is 2. The molecule has 0 radical (unpaired) electrons. The highest BCUT2D eigenvalue weighted by Crippen LogP contribution is 2.22. The molecule has 4 nitrogen and oxygen atoms in total. The van der Waals surface area contributed by atoms with Gasteiger partial charge in [0.05, 0.1) is 22.9 Å². The number of aryl methyl sites for hydroxylation is 1. The summed E-state index contributed by atoms with van der Waals surface area (Å²) in [6.45, 7) is 2.71. The topological polar surface area (TPSA) is 54.0 Å². The van der Waals surface area contributed by atoms with Gasteiger partial charge in [-0.05, 0) is 36.8 Å². The Morgan fingerprint density at radius 2 is 2.15 bits per heavy atom. The van der Waals surface area contributed by atoms with Gasteiger partial charge < -0.3 is 10.6 Å². The number of carbonyl (C=O) groups is 1. The number of anilines is 1. The normalized spacial score (nSPS) is 10.3. The van der Waals surface area contributed by atoms with Crippen molar-refractivity contribution in [1.82, 2.24) is 10.3 Å². The third-order valence-corrected chi connectivity index (χ3v) is 3.04. The zero-order chi connectivity index (χ0) is 14.4. The molecule has 1 heterocycles. The third-order valence-electron chi connectivity index (χ3n) is 2.71. The van der Waals surface area contributed by atoms with E-state index in [9.17, 15) is 4.79 Å². The molecule has 0 aliphatic rings. The molecule has 2 aromatic rings. The number of hydrogen-bond acceptors (Lipinski definition) is 3. The highest BCUT2D eigenvalue weighted by atomic mass is 35.5. The van der Waals surface area contributed by atoms with Crippen LogP contribution in [-0.4, -0.2) is 17.4 Å². The minimum atomic E-state index is -0.131. The van der Waals surface area contributed by atoms with Crippen molar-refractivity contribution in [3.8, 4) is 0 Å². The number of amides is 1. The molecule has 0 fully saturated rings. The summed E-state index contributed by atoms with van der Waals surface area (Å²) in [6.07, 6.45) is 1.73. The molecule has 2 rings (SSSR count). The Labute approximate surface area is 123 Å². The molecular weight excluding hydrogens is 274 g/mol. The summed E-state index contributed by atoms with van der Waals surface area (Å²) in [5, 5.41) is 6.36. The number of pyridine rings is 1. The summed E-state index contributed by atoms with van der Waals surface area (Å²) in [5.41, 5.74) is 2.58. The van der Waals surface area contributed by atoms with Crippen molar-refractivity contribution in [1.29, 1.82) is 0 Å². The van der Waals surface area contributed by atoms with Crippen molar-refractivity contribution in [2.45, 2.75) is 13.5 Å². The molecule has 104 valence electrons. The van der Waals surface area contributed by atoms with E-state index in [1.54, 1.807) is 12.3 Å². The first-order chi connectivity index (χ1) is 9.65. The molecule has 0 aliphatic carbocycles. The molecule has 0 unspecified atom stereocenters. The predicted octanol–water partition coefficient (Wildman–Crippen LogP) is 2.77. The van der Waals surface area contributed by atoms with Crippen LogP contribution in [0.25, 0.3) is 0 Å². The molecule has 0 saturated carbocycles. The van der Waals surface area contributed by atoms with Crippen LogP contribution in [0.3, 0.4) is 0 Å². The van der Waals surface area contributed by atoms with Crippen molar-refractivity contribution in [2.24, 2.45) is 0 Å². The van der Waals surface area contributed by atoms with Gasteiger partial charge in [-0.15, -0.1) is 0 Å². The Morgan fingerprint density at radius 1 is 1.30 bits per heavy atom. The van der Waals surface area contributed by atoms with E-state index in [0.29, 0.717) is 17.3 Å². The highest BCUT2D eigenvalue weighted by molar-refractivity contribution is 6.33. The van der Waals surface area contributed by atoms with Crippen LogP contribution in [0.1, 0.15) is 11.3 Å². The molecule has 0 spiro atoms. The molecule has 1 aromatic heterocycles. The van der Waals surface area contributed by atoms with Crippen LogP contribution in [0.5, 0.6) is 0 Å². The maximum Gasteiger partial charge on any atom is 0.238 e. The van der Waals surface area contributed by atoms with Crippen LogP contribution >= 0.6 is 11.6 Å². The van der Waals surface area contributed by atoms with E-state index in [4.69, 9.17) is 11.6 Å². The van der Waals surface area contributed by atoms with Gasteiger partial charge in [-0.3, -0.25) is 9.78 Å². The highest BCUT2D eigenvalue weighted by Gasteiger charge is 2.05. The lowest BCUT2D eigenvalue weighted by molar-refractivity contribution is -0.115. The second kappa shape index (κ2) is 7.03. The van der Waals surface area contributed by atoms with Gasteiger partial charge in [-0.2, -0.15) is 0 Å². The van der Waals surface area contributed by atoms with Crippen molar-refractivity contribution in [2.75, 3.05) is 11.9 Å². The van der Waals surface area contributed by atoms with Gasteiger partial charge in [0.25, 0.3) is 0 Å². The Bertz CT molecular complexity index is 587. The maximum atomic E-state index is 11.8. The molecule has 5 heteroatoms. The number of halogens is 1. The molecule has 0 aliphatic heterocycles. The molecule has 1 amide bonds. The van der Waals surface area contributed by atoms with Crippen LogP contribution in [-0.2, 0) is 11.3 Å². The smallest absolute Gasteiger partial charge is 0.238 e. The minimum absolute atomic E-state index is 0.131. The lowest BCUT2D eigenvalue weighted by Crippen LogP contribution is -2.28. The van der Waals surface area contributed by atoms with Crippen LogP contribution in [0.2, 0.25) is 5.02 Å². The SMILES string of the molecule is Cc1ccc(Cl)c(NC(=O)CNCc2ccccn2)c1. The van der Waals surface area contributed by atoms with E-state index in [-0.39, 0.29) is 12.5 Å². The van der Waals surface area contributed by atoms with E-state index in [1.807, 2.05) is 37.3 Å². The lowest BCUT2D eigenvalue weighted by atomic mass is 10.2. The number of aromatic nitrogens is 1. The van der Waals surface area contributed by atoms with Crippen LogP contribution in [0.4, 0.5) is 5.69 Å². The fourth-order valence-corrected chi connectivity index (χ4v) is 1.90. The Hall–Kier alpha value is -1.91. The molecule has 20 heavy (non-hydrogen) atoms. The Balaban J connectivity index is 1.82. The zero-order valence-corrected chi connectivity index (χ0v) is 11.9. The number of benzene rings is 1. The van der Waals surface area contributed by atoms with Gasteiger partial charge in [0.2, 0.25) is 5.91 Å². The van der Waals surface area contributed by atoms with E-state index in [1.165, 1.54) is 0 Å². The minimum Gasteiger partial charge on any atom is -0.324 e. The Kier molecular flexibility index (Phi) is 5.09. The van der Waals surface area contributed by atoms with E-state index in [0.717, 1.165) is 11.3 Å². The summed E-state index contributed by atoms with van der Waals surface area (Å²) < 4.78 is 0. The van der Waals surface area contributed by atoms with E-state index >= 15 is 0 Å². The first-order valence-electron chi connectivity index (χ1n) is 6.32. The molecule has 0 atom stereocenters. The average molecular weight is 290 g/mol. The second-order valence-electron chi connectivity index (χ2n) is 4.46. The van der Waals surface area contributed by atoms with E-state index < -0.39 is 0 Å². The lowest BCUT2D eigenvalue weighted by Gasteiger charge is -2.09. The first-order valence-corrected chi connectivity index (χ1v) is 6.69. The van der Waals surface area contributed by atoms with Crippen LogP contribution < -0.4 is 10.6 Å². The van der Waals surface area contributed by atoms with Gasteiger partial charge in [0.1, 0.15) is 0 Å². The van der Waals surface area contributed by atoms with Gasteiger partial charge in [-0.1, -0.05) is 23.7 Å². The summed E-state index contributed by atoms with van der Waals surface area (Å²) in [4.78, 5) is 16.0. The summed E-state index contributed by atoms with van der Waals surface area (Å²) in [5.74, 6) is -0.131. The van der Waals surface area contributed by atoms with Gasteiger partial charge in [-0.25, -0.2) is 0 Å². The summed E-state index contributed by atoms with van der Waals surface area (Å²) >= 11 is 6.03. The largest absolute Gasteiger partial charge is 0.324 e. The van der Waals surface area contributed by atoms with Gasteiger partial charge in [0.15, 0.2) is 0 Å². The molecule has 1 aromatic carbocycles. The molecular formula is C15H16ClN3O. The van der Waals surface area contributed by atoms with Gasteiger partial charge in [0, 0.05) is 12.7 Å². The molecule has 0 saturated heterocycles. The maximum absolute atomic E-state index is 11.8. The second-order valence-corrected chi connectivity index (χ2v) is 4.86. The molecule has 0 bridgehead atoms. The summed E-state index contributed by atoms with van der Waals surface area (Å²) in [6, 6.07) is 11.2. The van der Waals surface area contributed by atoms with Crippen molar-refractivity contribution >= 4 is 23.2 Å². The number of nitrogens with zero attached hydrogens (tertiary/aromatic N) is 1. The predicted molar refractivity (Wildman–Crippen MR) is 80.8 cm³/mol. The van der Waals surface area contributed by atoms with Crippen molar-refractivity contribution < 1.29 is 4.79 Å². The van der Waals surface area contributed by atoms with Gasteiger partial charge >= 0.3 is 0 Å². The fourth-order valence-electron chi connectivity index (χ4n) is 1.74. The monoisotopic (exact) mass is 289 g/mol. The zero-order valence-electron chi connectivity index (χ0n) is 11.2. The number of rotatable bonds is 5. The first kappa shape index (κ1) is 14.5. The van der Waals surface area contributed by atoms with Crippen molar-refractivity contribution in [3.63, 3.8) is 0 Å². The van der Waals surface area contributed by atoms with Crippen LogP contribution in [0, 0.1) is 6.92 Å².